The molecule has 1 saturated carbocycles. The largest absolute Gasteiger partial charge is 0.445 e. The van der Waals surface area contributed by atoms with Crippen molar-refractivity contribution in [2.24, 2.45) is 10.4 Å². The number of fused-ring (bicyclic) bond motifs is 1. The zero-order valence-corrected chi connectivity index (χ0v) is 16.6. The molecule has 2 aromatic rings. The number of hydrogen-bond donors (Lipinski definition) is 0. The second kappa shape index (κ2) is 6.48. The van der Waals surface area contributed by atoms with Crippen LogP contribution in [0.5, 0.6) is 0 Å². The van der Waals surface area contributed by atoms with E-state index in [-0.39, 0.29) is 12.1 Å². The molecule has 0 aromatic heterocycles. The fourth-order valence-corrected chi connectivity index (χ4v) is 4.68. The van der Waals surface area contributed by atoms with E-state index in [1.165, 1.54) is 18.4 Å². The Morgan fingerprint density at radius 1 is 1.22 bits per heavy atom. The molecule has 27 heavy (non-hydrogen) atoms. The lowest BCUT2D eigenvalue weighted by molar-refractivity contribution is 0.0977. The molecule has 2 aliphatic heterocycles. The minimum Gasteiger partial charge on any atom is -0.445 e. The zero-order valence-electron chi connectivity index (χ0n) is 15.0. The number of amides is 1. The second-order valence-corrected chi connectivity index (χ2v) is 8.86. The molecule has 0 N–H and O–H groups in total. The van der Waals surface area contributed by atoms with E-state index in [0.717, 1.165) is 40.8 Å². The van der Waals surface area contributed by atoms with Gasteiger partial charge in [0.05, 0.1) is 11.7 Å². The summed E-state index contributed by atoms with van der Waals surface area (Å²) in [5.41, 5.74) is 4.67. The van der Waals surface area contributed by atoms with Crippen molar-refractivity contribution in [1.29, 1.82) is 0 Å². The smallest absolute Gasteiger partial charge is 0.410 e. The number of halogens is 1. The summed E-state index contributed by atoms with van der Waals surface area (Å²) in [5.74, 6) is 0. The van der Waals surface area contributed by atoms with Gasteiger partial charge in [-0.2, -0.15) is 0 Å². The molecule has 2 aromatic carbocycles. The maximum Gasteiger partial charge on any atom is 0.410 e. The van der Waals surface area contributed by atoms with E-state index < -0.39 is 0 Å². The first kappa shape index (κ1) is 17.0. The van der Waals surface area contributed by atoms with E-state index in [0.29, 0.717) is 12.0 Å². The first-order valence-electron chi connectivity index (χ1n) is 9.45. The number of aliphatic imine (C=N–C) groups is 1. The van der Waals surface area contributed by atoms with E-state index in [1.54, 1.807) is 0 Å². The fourth-order valence-electron chi connectivity index (χ4n) is 4.27. The molecule has 4 nitrogen and oxygen atoms in total. The third-order valence-corrected chi connectivity index (χ3v) is 6.46. The van der Waals surface area contributed by atoms with Gasteiger partial charge in [-0.1, -0.05) is 46.3 Å². The Morgan fingerprint density at radius 2 is 2.04 bits per heavy atom. The van der Waals surface area contributed by atoms with Gasteiger partial charge < -0.3 is 4.74 Å². The first-order chi connectivity index (χ1) is 13.1. The number of benzene rings is 2. The van der Waals surface area contributed by atoms with Crippen molar-refractivity contribution in [2.75, 3.05) is 6.54 Å². The van der Waals surface area contributed by atoms with Crippen LogP contribution in [0, 0.1) is 5.41 Å². The molecule has 2 fully saturated rings. The van der Waals surface area contributed by atoms with E-state index in [4.69, 9.17) is 9.73 Å². The van der Waals surface area contributed by atoms with Crippen molar-refractivity contribution in [1.82, 2.24) is 4.90 Å². The molecule has 1 spiro atoms. The third-order valence-electron chi connectivity index (χ3n) is 5.97. The summed E-state index contributed by atoms with van der Waals surface area (Å²) in [6.07, 6.45) is 4.03. The Bertz CT molecular complexity index is 921. The minimum absolute atomic E-state index is 0.0574. The highest BCUT2D eigenvalue weighted by Crippen LogP contribution is 2.55. The van der Waals surface area contributed by atoms with Gasteiger partial charge in [0.15, 0.2) is 0 Å². The van der Waals surface area contributed by atoms with E-state index in [1.807, 2.05) is 47.4 Å². The van der Waals surface area contributed by atoms with Crippen molar-refractivity contribution in [2.45, 2.75) is 38.3 Å². The van der Waals surface area contributed by atoms with Crippen LogP contribution in [0.2, 0.25) is 0 Å². The quantitative estimate of drug-likeness (QED) is 0.673. The van der Waals surface area contributed by atoms with Gasteiger partial charge >= 0.3 is 6.09 Å². The molecule has 1 aliphatic carbocycles. The molecule has 1 atom stereocenters. The van der Waals surface area contributed by atoms with Crippen molar-refractivity contribution < 1.29 is 9.53 Å². The number of hydrogen-bond acceptors (Lipinski definition) is 3. The normalized spacial score (nSPS) is 21.9. The van der Waals surface area contributed by atoms with Crippen molar-refractivity contribution >= 4 is 33.4 Å². The highest BCUT2D eigenvalue weighted by molar-refractivity contribution is 9.10. The van der Waals surface area contributed by atoms with Gasteiger partial charge in [-0.15, -0.1) is 0 Å². The van der Waals surface area contributed by atoms with Crippen LogP contribution in [0.25, 0.3) is 0 Å². The lowest BCUT2D eigenvalue weighted by Crippen LogP contribution is -2.41. The van der Waals surface area contributed by atoms with Crippen LogP contribution in [0.3, 0.4) is 0 Å². The number of nitrogens with zero attached hydrogens (tertiary/aromatic N) is 2. The average Bonchev–Trinajstić information content (AvgIpc) is 3.12. The number of rotatable bonds is 3. The molecule has 1 amide bonds. The first-order valence-corrected chi connectivity index (χ1v) is 10.2. The molecule has 0 radical (unpaired) electrons. The van der Waals surface area contributed by atoms with E-state index >= 15 is 0 Å². The van der Waals surface area contributed by atoms with Crippen LogP contribution in [-0.2, 0) is 17.8 Å². The molecule has 5 rings (SSSR count). The Balaban J connectivity index is 1.33. The van der Waals surface area contributed by atoms with Crippen LogP contribution < -0.4 is 0 Å². The molecular weight excluding hydrogens is 404 g/mol. The predicted octanol–water partition coefficient (Wildman–Crippen LogP) is 5.27. The molecule has 2 heterocycles. The molecular formula is C22H21BrN2O2. The second-order valence-electron chi connectivity index (χ2n) is 7.94. The lowest BCUT2D eigenvalue weighted by Gasteiger charge is -2.24. The lowest BCUT2D eigenvalue weighted by atomic mass is 9.98. The highest BCUT2D eigenvalue weighted by Gasteiger charge is 2.55. The van der Waals surface area contributed by atoms with Gasteiger partial charge in [-0.25, -0.2) is 4.79 Å². The van der Waals surface area contributed by atoms with Crippen LogP contribution in [0.1, 0.15) is 30.4 Å². The number of carbonyl (C=O) groups is 1. The SMILES string of the molecule is O=C(OCc1ccccc1)N1CC2(CC2)C[C@H]1C1=Nc2ccc(Br)cc2C1. The van der Waals surface area contributed by atoms with Crippen LogP contribution in [0.4, 0.5) is 10.5 Å². The van der Waals surface area contributed by atoms with Crippen LogP contribution >= 0.6 is 15.9 Å². The van der Waals surface area contributed by atoms with Crippen LogP contribution in [-0.4, -0.2) is 29.3 Å². The zero-order chi connectivity index (χ0) is 18.4. The highest BCUT2D eigenvalue weighted by atomic mass is 79.9. The summed E-state index contributed by atoms with van der Waals surface area (Å²) < 4.78 is 6.71. The molecule has 3 aliphatic rings. The summed E-state index contributed by atoms with van der Waals surface area (Å²) in [5, 5.41) is 0. The monoisotopic (exact) mass is 424 g/mol. The van der Waals surface area contributed by atoms with Crippen molar-refractivity contribution in [3.63, 3.8) is 0 Å². The van der Waals surface area contributed by atoms with E-state index in [9.17, 15) is 4.79 Å². The van der Waals surface area contributed by atoms with Crippen molar-refractivity contribution in [3.8, 4) is 0 Å². The molecule has 0 bridgehead atoms. The Morgan fingerprint density at radius 3 is 2.81 bits per heavy atom. The number of likely N-dealkylation sites (tertiary alicyclic amines) is 1. The van der Waals surface area contributed by atoms with Gasteiger partial charge in [0.2, 0.25) is 0 Å². The maximum absolute atomic E-state index is 12.9. The Hall–Kier alpha value is -2.14. The molecule has 0 unspecified atom stereocenters. The minimum atomic E-state index is -0.215. The van der Waals surface area contributed by atoms with Gasteiger partial charge in [-0.3, -0.25) is 9.89 Å². The summed E-state index contributed by atoms with van der Waals surface area (Å²) in [6, 6.07) is 16.1. The average molecular weight is 425 g/mol. The fraction of sp³-hybridized carbons (Fsp3) is 0.364. The van der Waals surface area contributed by atoms with Crippen molar-refractivity contribution in [3.05, 3.63) is 64.1 Å². The molecule has 1 saturated heterocycles. The van der Waals surface area contributed by atoms with Crippen LogP contribution in [0.15, 0.2) is 58.0 Å². The van der Waals surface area contributed by atoms with Gasteiger partial charge in [0.1, 0.15) is 6.61 Å². The summed E-state index contributed by atoms with van der Waals surface area (Å²) >= 11 is 3.54. The standard InChI is InChI=1S/C22H21BrN2O2/c23-17-6-7-18-16(10-17)11-19(24-18)20-12-22(8-9-22)14-25(20)21(26)27-13-15-4-2-1-3-5-15/h1-7,10,20H,8-9,11-14H2/t20-/m0/s1. The summed E-state index contributed by atoms with van der Waals surface area (Å²) in [6.45, 7) is 1.11. The Kier molecular flexibility index (Phi) is 4.08. The third kappa shape index (κ3) is 3.29. The summed E-state index contributed by atoms with van der Waals surface area (Å²) in [4.78, 5) is 19.7. The number of carbonyl (C=O) groups excluding carboxylic acids is 1. The van der Waals surface area contributed by atoms with Gasteiger partial charge in [0, 0.05) is 23.1 Å². The van der Waals surface area contributed by atoms with Gasteiger partial charge in [-0.05, 0) is 54.0 Å². The maximum atomic E-state index is 12.9. The predicted molar refractivity (Wildman–Crippen MR) is 108 cm³/mol. The Labute approximate surface area is 167 Å². The van der Waals surface area contributed by atoms with E-state index in [2.05, 4.69) is 22.0 Å². The van der Waals surface area contributed by atoms with Gasteiger partial charge in [0.25, 0.3) is 0 Å². The number of ether oxygens (including phenoxy) is 1. The topological polar surface area (TPSA) is 41.9 Å². The molecule has 5 heteroatoms. The summed E-state index contributed by atoms with van der Waals surface area (Å²) in [7, 11) is 0. The molecule has 138 valence electrons.